The van der Waals surface area contributed by atoms with Crippen molar-refractivity contribution in [1.82, 2.24) is 20.6 Å². The molecule has 5 rings (SSSR count). The smallest absolute Gasteiger partial charge is 0.408 e. The molecule has 0 spiro atoms. The Bertz CT molecular complexity index is 1750. The zero-order chi connectivity index (χ0) is 37.6. The van der Waals surface area contributed by atoms with Crippen LogP contribution in [0.25, 0.3) is 16.5 Å². The maximum absolute atomic E-state index is 12.9. The van der Waals surface area contributed by atoms with Crippen molar-refractivity contribution >= 4 is 34.5 Å². The van der Waals surface area contributed by atoms with Crippen LogP contribution in [0, 0.1) is 11.3 Å². The van der Waals surface area contributed by atoms with Crippen molar-refractivity contribution in [3.63, 3.8) is 0 Å². The average molecular weight is 717 g/mol. The third-order valence-electron chi connectivity index (χ3n) is 9.08. The lowest BCUT2D eigenvalue weighted by Crippen LogP contribution is -2.51. The highest BCUT2D eigenvalue weighted by molar-refractivity contribution is 5.92. The Morgan fingerprint density at radius 2 is 1.81 bits per heavy atom. The number of hydrogen-bond acceptors (Lipinski definition) is 11. The fraction of sp³-hybridized carbons (Fsp3) is 0.525. The molecule has 1 aromatic carbocycles. The number of alkyl carbamates (subject to hydrolysis) is 1. The summed E-state index contributed by atoms with van der Waals surface area (Å²) in [6, 6.07) is 10.4. The van der Waals surface area contributed by atoms with Crippen molar-refractivity contribution in [3.05, 3.63) is 66.5 Å². The molecule has 2 aliphatic rings. The van der Waals surface area contributed by atoms with Gasteiger partial charge >= 0.3 is 18.0 Å². The molecule has 2 N–H and O–H groups in total. The number of ether oxygens (including phenoxy) is 5. The van der Waals surface area contributed by atoms with E-state index in [0.29, 0.717) is 48.7 Å². The molecule has 12 heteroatoms. The summed E-state index contributed by atoms with van der Waals surface area (Å²) in [5.74, 6) is 0.324. The van der Waals surface area contributed by atoms with E-state index < -0.39 is 35.2 Å². The SMILES string of the molecule is C=C(CCCC1CC1OC(=O)NC(C(=O)OC(C)(C)C)C(C)(C)C)c1c(OC2CNC(C(=O)OC)C2)nc2ccncc2c1OCc1ccccc1. The number of esters is 2. The van der Waals surface area contributed by atoms with Crippen molar-refractivity contribution in [2.45, 2.75) is 110 Å². The van der Waals surface area contributed by atoms with Gasteiger partial charge in [-0.2, -0.15) is 0 Å². The summed E-state index contributed by atoms with van der Waals surface area (Å²) in [6.07, 6.45) is 5.58. The standard InChI is InChI=1S/C40H52N4O8/c1-24(13-12-16-26-19-31(26)51-38(47)44-34(39(2,3)4)37(46)52-40(5,6)7)32-33(49-23-25-14-10-9-11-15-25)28-22-41-18-17-29(28)43-35(32)50-27-20-30(42-21-27)36(45)48-8/h9-11,14-15,17-18,22,26-27,30-31,34,42H,1,12-13,16,19-21,23H2,2-8H3,(H,44,47). The third kappa shape index (κ3) is 10.2. The summed E-state index contributed by atoms with van der Waals surface area (Å²) in [6.45, 7) is 16.2. The second-order valence-corrected chi connectivity index (χ2v) is 15.7. The molecule has 0 bridgehead atoms. The summed E-state index contributed by atoms with van der Waals surface area (Å²) in [5, 5.41) is 6.65. The van der Waals surface area contributed by atoms with Crippen LogP contribution in [-0.2, 0) is 30.4 Å². The van der Waals surface area contributed by atoms with Crippen LogP contribution in [0.15, 0.2) is 55.4 Å². The van der Waals surface area contributed by atoms with Gasteiger partial charge in [0.1, 0.15) is 42.2 Å². The van der Waals surface area contributed by atoms with E-state index in [-0.39, 0.29) is 24.1 Å². The van der Waals surface area contributed by atoms with Crippen LogP contribution in [0.2, 0.25) is 0 Å². The van der Waals surface area contributed by atoms with Crippen LogP contribution >= 0.6 is 0 Å². The highest BCUT2D eigenvalue weighted by Gasteiger charge is 2.42. The van der Waals surface area contributed by atoms with Crippen molar-refractivity contribution in [3.8, 4) is 11.6 Å². The number of fused-ring (bicyclic) bond motifs is 1. The van der Waals surface area contributed by atoms with E-state index in [9.17, 15) is 14.4 Å². The number of nitrogens with zero attached hydrogens (tertiary/aromatic N) is 2. The zero-order valence-electron chi connectivity index (χ0n) is 31.3. The van der Waals surface area contributed by atoms with E-state index in [1.54, 1.807) is 33.2 Å². The van der Waals surface area contributed by atoms with Crippen LogP contribution in [0.4, 0.5) is 4.79 Å². The first kappa shape index (κ1) is 38.5. The summed E-state index contributed by atoms with van der Waals surface area (Å²) in [5.41, 5.74) is 1.86. The first-order chi connectivity index (χ1) is 24.6. The van der Waals surface area contributed by atoms with Crippen LogP contribution in [0.3, 0.4) is 0 Å². The molecule has 1 saturated carbocycles. The first-order valence-corrected chi connectivity index (χ1v) is 17.9. The van der Waals surface area contributed by atoms with Gasteiger partial charge in [-0.15, -0.1) is 0 Å². The van der Waals surface area contributed by atoms with Gasteiger partial charge in [-0.3, -0.25) is 9.78 Å². The van der Waals surface area contributed by atoms with Crippen LogP contribution in [0.5, 0.6) is 11.6 Å². The second kappa shape index (κ2) is 16.3. The van der Waals surface area contributed by atoms with Gasteiger partial charge in [-0.25, -0.2) is 14.6 Å². The Morgan fingerprint density at radius 1 is 1.06 bits per heavy atom. The summed E-state index contributed by atoms with van der Waals surface area (Å²) in [7, 11) is 1.37. The normalized spacial score (nSPS) is 20.4. The molecule has 2 fully saturated rings. The monoisotopic (exact) mass is 716 g/mol. The fourth-order valence-corrected chi connectivity index (χ4v) is 6.26. The number of benzene rings is 1. The van der Waals surface area contributed by atoms with E-state index >= 15 is 0 Å². The Balaban J connectivity index is 1.27. The van der Waals surface area contributed by atoms with E-state index in [1.165, 1.54) is 7.11 Å². The average Bonchev–Trinajstić information content (AvgIpc) is 3.64. The first-order valence-electron chi connectivity index (χ1n) is 17.9. The van der Waals surface area contributed by atoms with Crippen molar-refractivity contribution in [1.29, 1.82) is 0 Å². The highest BCUT2D eigenvalue weighted by Crippen LogP contribution is 2.43. The molecule has 1 aliphatic heterocycles. The molecule has 0 radical (unpaired) electrons. The predicted molar refractivity (Wildman–Crippen MR) is 197 cm³/mol. The van der Waals surface area contributed by atoms with Gasteiger partial charge in [0, 0.05) is 25.4 Å². The van der Waals surface area contributed by atoms with Gasteiger partial charge in [0.15, 0.2) is 0 Å². The number of nitrogens with one attached hydrogen (secondary N) is 2. The molecule has 1 aliphatic carbocycles. The fourth-order valence-electron chi connectivity index (χ4n) is 6.26. The topological polar surface area (TPSA) is 147 Å². The quantitative estimate of drug-likeness (QED) is 0.138. The number of amides is 1. The van der Waals surface area contributed by atoms with Crippen LogP contribution in [-0.4, -0.2) is 71.5 Å². The van der Waals surface area contributed by atoms with Gasteiger partial charge < -0.3 is 34.3 Å². The summed E-state index contributed by atoms with van der Waals surface area (Å²) >= 11 is 0. The summed E-state index contributed by atoms with van der Waals surface area (Å²) in [4.78, 5) is 47.2. The molecule has 5 atom stereocenters. The number of aromatic nitrogens is 2. The summed E-state index contributed by atoms with van der Waals surface area (Å²) < 4.78 is 29.2. The van der Waals surface area contributed by atoms with Crippen molar-refractivity contribution in [2.24, 2.45) is 11.3 Å². The molecular formula is C40H52N4O8. The number of pyridine rings is 2. The lowest BCUT2D eigenvalue weighted by molar-refractivity contribution is -0.160. The molecule has 2 aromatic heterocycles. The molecule has 5 unspecified atom stereocenters. The molecule has 3 aromatic rings. The third-order valence-corrected chi connectivity index (χ3v) is 9.08. The van der Waals surface area contributed by atoms with E-state index in [0.717, 1.165) is 35.8 Å². The number of allylic oxidation sites excluding steroid dienone is 1. The molecule has 12 nitrogen and oxygen atoms in total. The molecule has 52 heavy (non-hydrogen) atoms. The number of rotatable bonds is 14. The highest BCUT2D eigenvalue weighted by atomic mass is 16.6. The number of hydrogen-bond donors (Lipinski definition) is 2. The van der Waals surface area contributed by atoms with E-state index in [1.807, 2.05) is 57.2 Å². The molecule has 1 saturated heterocycles. The Morgan fingerprint density at radius 3 is 2.50 bits per heavy atom. The van der Waals surface area contributed by atoms with Crippen molar-refractivity contribution < 1.29 is 38.1 Å². The predicted octanol–water partition coefficient (Wildman–Crippen LogP) is 6.55. The van der Waals surface area contributed by atoms with E-state index in [4.69, 9.17) is 28.7 Å². The minimum Gasteiger partial charge on any atom is -0.487 e. The Kier molecular flexibility index (Phi) is 12.1. The van der Waals surface area contributed by atoms with Crippen LogP contribution < -0.4 is 20.1 Å². The molecule has 1 amide bonds. The number of methoxy groups -OCH3 is 1. The Hall–Kier alpha value is -4.71. The molecular weight excluding hydrogens is 664 g/mol. The number of carbonyl (C=O) groups is 3. The van der Waals surface area contributed by atoms with Gasteiger partial charge in [0.25, 0.3) is 0 Å². The minimum absolute atomic E-state index is 0.191. The van der Waals surface area contributed by atoms with Gasteiger partial charge in [-0.05, 0) is 75.0 Å². The lowest BCUT2D eigenvalue weighted by atomic mass is 9.86. The van der Waals surface area contributed by atoms with E-state index in [2.05, 4.69) is 22.2 Å². The van der Waals surface area contributed by atoms with Gasteiger partial charge in [0.2, 0.25) is 5.88 Å². The molecule has 3 heterocycles. The van der Waals surface area contributed by atoms with Gasteiger partial charge in [0.05, 0.1) is 23.6 Å². The van der Waals surface area contributed by atoms with Crippen LogP contribution in [0.1, 0.15) is 84.8 Å². The number of carbonyl (C=O) groups excluding carboxylic acids is 3. The largest absolute Gasteiger partial charge is 0.487 e. The molecule has 280 valence electrons. The maximum atomic E-state index is 12.9. The van der Waals surface area contributed by atoms with Crippen molar-refractivity contribution in [2.75, 3.05) is 13.7 Å². The zero-order valence-corrected chi connectivity index (χ0v) is 31.3. The minimum atomic E-state index is -0.855. The lowest BCUT2D eigenvalue weighted by Gasteiger charge is -2.32. The maximum Gasteiger partial charge on any atom is 0.408 e. The van der Waals surface area contributed by atoms with Gasteiger partial charge in [-0.1, -0.05) is 57.7 Å². The second-order valence-electron chi connectivity index (χ2n) is 15.7. The Labute approximate surface area is 306 Å².